The summed E-state index contributed by atoms with van der Waals surface area (Å²) in [6, 6.07) is 7.53. The molecule has 0 heterocycles. The van der Waals surface area contributed by atoms with Crippen molar-refractivity contribution in [2.45, 2.75) is 38.8 Å². The quantitative estimate of drug-likeness (QED) is 0.676. The second-order valence-electron chi connectivity index (χ2n) is 4.95. The van der Waals surface area contributed by atoms with Gasteiger partial charge in [-0.3, -0.25) is 4.79 Å². The molecule has 3 nitrogen and oxygen atoms in total. The lowest BCUT2D eigenvalue weighted by molar-refractivity contribution is -0.155. The van der Waals surface area contributed by atoms with Gasteiger partial charge in [0.15, 0.2) is 0 Å². The fraction of sp³-hybridized carbons (Fsp3) is 0.462. The zero-order valence-electron chi connectivity index (χ0n) is 10.4. The third-order valence-electron chi connectivity index (χ3n) is 2.10. The van der Waals surface area contributed by atoms with Crippen molar-refractivity contribution in [2.75, 3.05) is 0 Å². The van der Waals surface area contributed by atoms with Gasteiger partial charge in [-0.15, -0.1) is 0 Å². The molecule has 0 spiro atoms. The van der Waals surface area contributed by atoms with Gasteiger partial charge in [-0.05, 0) is 61.1 Å². The van der Waals surface area contributed by atoms with E-state index in [1.54, 1.807) is 0 Å². The number of nitrogens with two attached hydrogens (primary N) is 1. The van der Waals surface area contributed by atoms with Crippen LogP contribution in [0.3, 0.4) is 0 Å². The Hall–Kier alpha value is -0.620. The van der Waals surface area contributed by atoms with Crippen molar-refractivity contribution in [1.29, 1.82) is 0 Å². The SMILES string of the molecule is CC(C)(C)OC(=O)CC(N)c1ccc(I)cc1. The minimum atomic E-state index is -0.455. The van der Waals surface area contributed by atoms with E-state index >= 15 is 0 Å². The lowest BCUT2D eigenvalue weighted by Gasteiger charge is -2.21. The summed E-state index contributed by atoms with van der Waals surface area (Å²) in [5.41, 5.74) is 6.46. The van der Waals surface area contributed by atoms with Crippen molar-refractivity contribution < 1.29 is 9.53 Å². The van der Waals surface area contributed by atoms with Crippen molar-refractivity contribution in [3.63, 3.8) is 0 Å². The van der Waals surface area contributed by atoms with Gasteiger partial charge in [-0.25, -0.2) is 0 Å². The molecule has 17 heavy (non-hydrogen) atoms. The predicted molar refractivity (Wildman–Crippen MR) is 76.5 cm³/mol. The van der Waals surface area contributed by atoms with Crippen LogP contribution in [-0.4, -0.2) is 11.6 Å². The van der Waals surface area contributed by atoms with Crippen LogP contribution in [0.1, 0.15) is 38.8 Å². The fourth-order valence-electron chi connectivity index (χ4n) is 1.39. The summed E-state index contributed by atoms with van der Waals surface area (Å²) in [6.45, 7) is 5.55. The van der Waals surface area contributed by atoms with E-state index in [0.717, 1.165) is 9.13 Å². The molecule has 0 fully saturated rings. The van der Waals surface area contributed by atoms with Crippen LogP contribution in [0.15, 0.2) is 24.3 Å². The molecule has 0 saturated heterocycles. The van der Waals surface area contributed by atoms with Crippen molar-refractivity contribution >= 4 is 28.6 Å². The van der Waals surface area contributed by atoms with Gasteiger partial charge in [0.1, 0.15) is 5.60 Å². The molecule has 0 radical (unpaired) electrons. The molecule has 1 atom stereocenters. The van der Waals surface area contributed by atoms with Crippen LogP contribution in [0.4, 0.5) is 0 Å². The molecule has 1 aromatic rings. The third kappa shape index (κ3) is 5.50. The lowest BCUT2D eigenvalue weighted by Crippen LogP contribution is -2.26. The van der Waals surface area contributed by atoms with Crippen LogP contribution in [-0.2, 0) is 9.53 Å². The number of hydrogen-bond donors (Lipinski definition) is 1. The molecular weight excluding hydrogens is 329 g/mol. The maximum absolute atomic E-state index is 11.6. The monoisotopic (exact) mass is 347 g/mol. The Kier molecular flexibility index (Phi) is 4.94. The average Bonchev–Trinajstić information content (AvgIpc) is 2.15. The number of esters is 1. The Morgan fingerprint density at radius 1 is 1.35 bits per heavy atom. The van der Waals surface area contributed by atoms with Crippen LogP contribution < -0.4 is 5.73 Å². The summed E-state index contributed by atoms with van der Waals surface area (Å²) in [7, 11) is 0. The molecule has 2 N–H and O–H groups in total. The molecule has 94 valence electrons. The zero-order chi connectivity index (χ0) is 13.1. The van der Waals surface area contributed by atoms with Gasteiger partial charge in [0.25, 0.3) is 0 Å². The van der Waals surface area contributed by atoms with Gasteiger partial charge >= 0.3 is 5.97 Å². The van der Waals surface area contributed by atoms with E-state index in [4.69, 9.17) is 10.5 Å². The summed E-state index contributed by atoms with van der Waals surface area (Å²) in [4.78, 5) is 11.6. The molecule has 0 amide bonds. The van der Waals surface area contributed by atoms with Gasteiger partial charge < -0.3 is 10.5 Å². The first-order valence-electron chi connectivity index (χ1n) is 5.51. The highest BCUT2D eigenvalue weighted by molar-refractivity contribution is 14.1. The number of carbonyl (C=O) groups is 1. The number of benzene rings is 1. The number of rotatable bonds is 3. The summed E-state index contributed by atoms with van der Waals surface area (Å²) >= 11 is 2.23. The maximum Gasteiger partial charge on any atom is 0.308 e. The highest BCUT2D eigenvalue weighted by atomic mass is 127. The smallest absolute Gasteiger partial charge is 0.308 e. The first-order chi connectivity index (χ1) is 7.78. The van der Waals surface area contributed by atoms with E-state index in [1.165, 1.54) is 0 Å². The molecule has 4 heteroatoms. The van der Waals surface area contributed by atoms with E-state index in [2.05, 4.69) is 22.6 Å². The summed E-state index contributed by atoms with van der Waals surface area (Å²) < 4.78 is 6.38. The van der Waals surface area contributed by atoms with E-state index in [9.17, 15) is 4.79 Å². The molecule has 0 aliphatic carbocycles. The topological polar surface area (TPSA) is 52.3 Å². The van der Waals surface area contributed by atoms with Gasteiger partial charge in [-0.1, -0.05) is 12.1 Å². The number of ether oxygens (including phenoxy) is 1. The second-order valence-corrected chi connectivity index (χ2v) is 6.19. The lowest BCUT2D eigenvalue weighted by atomic mass is 10.0. The molecule has 0 bridgehead atoms. The molecule has 0 aromatic heterocycles. The molecule has 0 saturated carbocycles. The number of hydrogen-bond acceptors (Lipinski definition) is 3. The largest absolute Gasteiger partial charge is 0.460 e. The average molecular weight is 347 g/mol. The van der Waals surface area contributed by atoms with Gasteiger partial charge in [0.2, 0.25) is 0 Å². The number of halogens is 1. The molecule has 1 unspecified atom stereocenters. The third-order valence-corrected chi connectivity index (χ3v) is 2.82. The normalized spacial score (nSPS) is 13.2. The first kappa shape index (κ1) is 14.4. The molecule has 0 aliphatic rings. The molecule has 1 aromatic carbocycles. The molecular formula is C13H18INO2. The standard InChI is InChI=1S/C13H18INO2/c1-13(2,3)17-12(16)8-11(15)9-4-6-10(14)7-5-9/h4-7,11H,8,15H2,1-3H3. The van der Waals surface area contributed by atoms with Gasteiger partial charge in [-0.2, -0.15) is 0 Å². The first-order valence-corrected chi connectivity index (χ1v) is 6.59. The summed E-state index contributed by atoms with van der Waals surface area (Å²) in [6.07, 6.45) is 0.206. The highest BCUT2D eigenvalue weighted by Gasteiger charge is 2.19. The minimum Gasteiger partial charge on any atom is -0.460 e. The van der Waals surface area contributed by atoms with Crippen LogP contribution >= 0.6 is 22.6 Å². The Balaban J connectivity index is 2.57. The zero-order valence-corrected chi connectivity index (χ0v) is 12.5. The second kappa shape index (κ2) is 5.82. The van der Waals surface area contributed by atoms with Gasteiger partial charge in [0, 0.05) is 9.61 Å². The van der Waals surface area contributed by atoms with Crippen LogP contribution in [0.25, 0.3) is 0 Å². The Labute approximate surface area is 116 Å². The van der Waals surface area contributed by atoms with Crippen LogP contribution in [0.2, 0.25) is 0 Å². The van der Waals surface area contributed by atoms with E-state index in [0.29, 0.717) is 0 Å². The summed E-state index contributed by atoms with van der Waals surface area (Å²) in [5.74, 6) is -0.261. The Morgan fingerprint density at radius 3 is 2.35 bits per heavy atom. The maximum atomic E-state index is 11.6. The number of carbonyl (C=O) groups excluding carboxylic acids is 1. The van der Waals surface area contributed by atoms with Crippen LogP contribution in [0.5, 0.6) is 0 Å². The highest BCUT2D eigenvalue weighted by Crippen LogP contribution is 2.18. The minimum absolute atomic E-state index is 0.206. The van der Waals surface area contributed by atoms with Crippen molar-refractivity contribution in [2.24, 2.45) is 5.73 Å². The van der Waals surface area contributed by atoms with Crippen molar-refractivity contribution in [3.05, 3.63) is 33.4 Å². The van der Waals surface area contributed by atoms with Crippen LogP contribution in [0, 0.1) is 3.57 Å². The Morgan fingerprint density at radius 2 is 1.88 bits per heavy atom. The van der Waals surface area contributed by atoms with Crippen molar-refractivity contribution in [3.8, 4) is 0 Å². The molecule has 1 rings (SSSR count). The van der Waals surface area contributed by atoms with Gasteiger partial charge in [0.05, 0.1) is 6.42 Å². The van der Waals surface area contributed by atoms with E-state index in [1.807, 2.05) is 45.0 Å². The van der Waals surface area contributed by atoms with E-state index in [-0.39, 0.29) is 18.4 Å². The Bertz CT molecular complexity index is 381. The molecule has 0 aliphatic heterocycles. The van der Waals surface area contributed by atoms with E-state index < -0.39 is 5.60 Å². The fourth-order valence-corrected chi connectivity index (χ4v) is 1.75. The van der Waals surface area contributed by atoms with Crippen molar-refractivity contribution in [1.82, 2.24) is 0 Å². The summed E-state index contributed by atoms with van der Waals surface area (Å²) in [5, 5.41) is 0. The predicted octanol–water partition coefficient (Wildman–Crippen LogP) is 3.02.